The first-order chi connectivity index (χ1) is 11.9. The number of nitrogens with one attached hydrogen (secondary N) is 1. The van der Waals surface area contributed by atoms with E-state index in [0.717, 1.165) is 50.4 Å². The van der Waals surface area contributed by atoms with Gasteiger partial charge in [0.1, 0.15) is 5.82 Å². The van der Waals surface area contributed by atoms with Gasteiger partial charge in [0.05, 0.1) is 0 Å². The third-order valence-electron chi connectivity index (χ3n) is 5.72. The van der Waals surface area contributed by atoms with E-state index in [0.29, 0.717) is 6.04 Å². The summed E-state index contributed by atoms with van der Waals surface area (Å²) in [5, 5.41) is 3.48. The summed E-state index contributed by atoms with van der Waals surface area (Å²) in [5.74, 6) is 2.97. The maximum absolute atomic E-state index is 5.01. The Kier molecular flexibility index (Phi) is 5.16. The van der Waals surface area contributed by atoms with Gasteiger partial charge in [-0.2, -0.15) is 4.98 Å². The van der Waals surface area contributed by atoms with Gasteiger partial charge >= 0.3 is 0 Å². The van der Waals surface area contributed by atoms with Crippen molar-refractivity contribution in [2.75, 3.05) is 42.5 Å². The minimum atomic E-state index is 0.603. The molecule has 5 nitrogen and oxygen atoms in total. The molecule has 1 saturated carbocycles. The first kappa shape index (κ1) is 16.1. The van der Waals surface area contributed by atoms with Crippen molar-refractivity contribution in [3.63, 3.8) is 0 Å². The van der Waals surface area contributed by atoms with Crippen LogP contribution in [-0.2, 0) is 0 Å². The van der Waals surface area contributed by atoms with Crippen LogP contribution in [0.15, 0.2) is 12.3 Å². The smallest absolute Gasteiger partial charge is 0.227 e. The number of nitrogens with zero attached hydrogens (tertiary/aromatic N) is 4. The van der Waals surface area contributed by atoms with Crippen molar-refractivity contribution in [3.05, 3.63) is 12.3 Å². The molecule has 1 aliphatic carbocycles. The first-order valence-corrected chi connectivity index (χ1v) is 9.95. The summed E-state index contributed by atoms with van der Waals surface area (Å²) in [5.41, 5.74) is 0. The molecule has 132 valence electrons. The van der Waals surface area contributed by atoms with Crippen LogP contribution in [-0.4, -0.2) is 48.7 Å². The first-order valence-electron chi connectivity index (χ1n) is 9.95. The minimum Gasteiger partial charge on any atom is -0.356 e. The highest BCUT2D eigenvalue weighted by Gasteiger charge is 2.30. The molecule has 0 unspecified atom stereocenters. The second kappa shape index (κ2) is 7.68. The standard InChI is InChI=1S/C19H31N5/c1-2-4-14-23(13-3-1)18-9-12-21-19(22-18)24(15-16-5-6-16)17-7-10-20-11-8-17/h9,12,16-17,20H,1-8,10-11,13-15H2. The van der Waals surface area contributed by atoms with E-state index in [4.69, 9.17) is 4.98 Å². The second-order valence-corrected chi connectivity index (χ2v) is 7.69. The van der Waals surface area contributed by atoms with Gasteiger partial charge in [0.2, 0.25) is 5.95 Å². The number of aromatic nitrogens is 2. The Bertz CT molecular complexity index is 516. The Morgan fingerprint density at radius 3 is 2.50 bits per heavy atom. The van der Waals surface area contributed by atoms with E-state index in [2.05, 4.69) is 26.2 Å². The fraction of sp³-hybridized carbons (Fsp3) is 0.789. The van der Waals surface area contributed by atoms with Crippen molar-refractivity contribution in [1.29, 1.82) is 0 Å². The molecular weight excluding hydrogens is 298 g/mol. The van der Waals surface area contributed by atoms with Crippen LogP contribution in [0.5, 0.6) is 0 Å². The Labute approximate surface area is 145 Å². The third kappa shape index (κ3) is 4.00. The van der Waals surface area contributed by atoms with Crippen molar-refractivity contribution in [2.45, 2.75) is 57.4 Å². The highest BCUT2D eigenvalue weighted by molar-refractivity contribution is 5.44. The van der Waals surface area contributed by atoms with Crippen LogP contribution in [0.4, 0.5) is 11.8 Å². The van der Waals surface area contributed by atoms with E-state index in [1.807, 2.05) is 6.20 Å². The maximum Gasteiger partial charge on any atom is 0.227 e. The lowest BCUT2D eigenvalue weighted by Crippen LogP contribution is -2.45. The van der Waals surface area contributed by atoms with Gasteiger partial charge in [0, 0.05) is 31.9 Å². The molecule has 2 saturated heterocycles. The van der Waals surface area contributed by atoms with Gasteiger partial charge in [-0.3, -0.25) is 0 Å². The van der Waals surface area contributed by atoms with Gasteiger partial charge in [-0.15, -0.1) is 0 Å². The number of hydrogen-bond acceptors (Lipinski definition) is 5. The van der Waals surface area contributed by atoms with E-state index in [9.17, 15) is 0 Å². The van der Waals surface area contributed by atoms with Gasteiger partial charge < -0.3 is 15.1 Å². The number of piperidine rings is 1. The molecule has 4 rings (SSSR count). The number of hydrogen-bond donors (Lipinski definition) is 1. The predicted molar refractivity (Wildman–Crippen MR) is 98.7 cm³/mol. The van der Waals surface area contributed by atoms with Crippen LogP contribution in [0.3, 0.4) is 0 Å². The Hall–Kier alpha value is -1.36. The molecule has 5 heteroatoms. The Morgan fingerprint density at radius 2 is 1.79 bits per heavy atom. The molecule has 0 aromatic carbocycles. The van der Waals surface area contributed by atoms with Crippen molar-refractivity contribution < 1.29 is 0 Å². The zero-order valence-electron chi connectivity index (χ0n) is 14.8. The van der Waals surface area contributed by atoms with Gasteiger partial charge in [-0.25, -0.2) is 4.98 Å². The van der Waals surface area contributed by atoms with Crippen LogP contribution in [0.25, 0.3) is 0 Å². The van der Waals surface area contributed by atoms with Crippen molar-refractivity contribution >= 4 is 11.8 Å². The summed E-state index contributed by atoms with van der Waals surface area (Å²) < 4.78 is 0. The fourth-order valence-corrected chi connectivity index (χ4v) is 4.04. The van der Waals surface area contributed by atoms with E-state index in [1.165, 1.54) is 51.4 Å². The van der Waals surface area contributed by atoms with E-state index in [-0.39, 0.29) is 0 Å². The summed E-state index contributed by atoms with van der Waals surface area (Å²) in [4.78, 5) is 14.7. The third-order valence-corrected chi connectivity index (χ3v) is 5.72. The van der Waals surface area contributed by atoms with Gasteiger partial charge in [0.15, 0.2) is 0 Å². The molecule has 2 aliphatic heterocycles. The molecule has 0 bridgehead atoms. The van der Waals surface area contributed by atoms with Crippen molar-refractivity contribution in [3.8, 4) is 0 Å². The highest BCUT2D eigenvalue weighted by atomic mass is 15.3. The molecule has 3 aliphatic rings. The molecule has 0 radical (unpaired) electrons. The minimum absolute atomic E-state index is 0.603. The van der Waals surface area contributed by atoms with Gasteiger partial charge in [-0.1, -0.05) is 12.8 Å². The zero-order valence-corrected chi connectivity index (χ0v) is 14.8. The molecule has 3 heterocycles. The lowest BCUT2D eigenvalue weighted by Gasteiger charge is -2.35. The molecule has 0 atom stereocenters. The zero-order chi connectivity index (χ0) is 16.2. The van der Waals surface area contributed by atoms with Gasteiger partial charge in [0.25, 0.3) is 0 Å². The fourth-order valence-electron chi connectivity index (χ4n) is 4.04. The van der Waals surface area contributed by atoms with Crippen LogP contribution in [0.2, 0.25) is 0 Å². The number of anilines is 2. The van der Waals surface area contributed by atoms with Crippen LogP contribution < -0.4 is 15.1 Å². The summed E-state index contributed by atoms with van der Waals surface area (Å²) in [7, 11) is 0. The molecular formula is C19H31N5. The Balaban J connectivity index is 1.53. The molecule has 1 aromatic rings. The highest BCUT2D eigenvalue weighted by Crippen LogP contribution is 2.33. The van der Waals surface area contributed by atoms with E-state index in [1.54, 1.807) is 0 Å². The van der Waals surface area contributed by atoms with Gasteiger partial charge in [-0.05, 0) is 63.6 Å². The maximum atomic E-state index is 5.01. The topological polar surface area (TPSA) is 44.3 Å². The normalized spacial score (nSPS) is 23.1. The average molecular weight is 329 g/mol. The molecule has 3 fully saturated rings. The monoisotopic (exact) mass is 329 g/mol. The lowest BCUT2D eigenvalue weighted by atomic mass is 10.0. The Morgan fingerprint density at radius 1 is 1.04 bits per heavy atom. The summed E-state index contributed by atoms with van der Waals surface area (Å²) in [6, 6.07) is 2.71. The van der Waals surface area contributed by atoms with Crippen molar-refractivity contribution in [2.24, 2.45) is 5.92 Å². The molecule has 24 heavy (non-hydrogen) atoms. The largest absolute Gasteiger partial charge is 0.356 e. The molecule has 0 spiro atoms. The summed E-state index contributed by atoms with van der Waals surface area (Å²) >= 11 is 0. The van der Waals surface area contributed by atoms with Crippen LogP contribution >= 0.6 is 0 Å². The van der Waals surface area contributed by atoms with E-state index < -0.39 is 0 Å². The second-order valence-electron chi connectivity index (χ2n) is 7.69. The lowest BCUT2D eigenvalue weighted by molar-refractivity contribution is 0.420. The quantitative estimate of drug-likeness (QED) is 0.900. The van der Waals surface area contributed by atoms with E-state index >= 15 is 0 Å². The molecule has 1 aromatic heterocycles. The SMILES string of the molecule is c1cc(N2CCCCCC2)nc(N(CC2CC2)C2CCNCC2)n1. The van der Waals surface area contributed by atoms with Crippen LogP contribution in [0, 0.1) is 5.92 Å². The number of rotatable bonds is 5. The summed E-state index contributed by atoms with van der Waals surface area (Å²) in [6.45, 7) is 5.68. The van der Waals surface area contributed by atoms with Crippen LogP contribution in [0.1, 0.15) is 51.4 Å². The predicted octanol–water partition coefficient (Wildman–Crippen LogP) is 2.83. The molecule has 0 amide bonds. The average Bonchev–Trinajstić information content (AvgIpc) is 3.47. The van der Waals surface area contributed by atoms with Crippen molar-refractivity contribution in [1.82, 2.24) is 15.3 Å². The molecule has 1 N–H and O–H groups in total. The summed E-state index contributed by atoms with van der Waals surface area (Å²) in [6.07, 6.45) is 12.5.